The predicted octanol–water partition coefficient (Wildman–Crippen LogP) is 4.19. The van der Waals surface area contributed by atoms with Gasteiger partial charge < -0.3 is 0 Å². The van der Waals surface area contributed by atoms with Crippen molar-refractivity contribution in [3.63, 3.8) is 0 Å². The van der Waals surface area contributed by atoms with Crippen molar-refractivity contribution in [2.75, 3.05) is 0 Å². The van der Waals surface area contributed by atoms with Crippen molar-refractivity contribution in [2.45, 2.75) is 46.0 Å². The molecule has 0 heteroatoms. The van der Waals surface area contributed by atoms with Gasteiger partial charge in [-0.25, -0.2) is 0 Å². The topological polar surface area (TPSA) is 0 Å². The van der Waals surface area contributed by atoms with E-state index in [0.717, 1.165) is 0 Å². The maximum absolute atomic E-state index is 2.29. The molecule has 0 N–H and O–H groups in total. The van der Waals surface area contributed by atoms with Gasteiger partial charge in [-0.2, -0.15) is 0 Å². The van der Waals surface area contributed by atoms with Crippen LogP contribution in [0.3, 0.4) is 0 Å². The molecule has 0 amide bonds. The molecule has 2 aliphatic carbocycles. The molecular formula is C15H18. The minimum Gasteiger partial charge on any atom is -0.0620 e. The van der Waals surface area contributed by atoms with Gasteiger partial charge in [0, 0.05) is 0 Å². The van der Waals surface area contributed by atoms with Gasteiger partial charge in [-0.3, -0.25) is 0 Å². The Hall–Kier alpha value is -1.04. The van der Waals surface area contributed by atoms with E-state index in [1.807, 2.05) is 0 Å². The first-order valence-electron chi connectivity index (χ1n) is 6.07. The SMILES string of the molecule is Cc1ccc(C)c2c1CC1=C2CCCC1. The lowest BCUT2D eigenvalue weighted by molar-refractivity contribution is 0.711. The lowest BCUT2D eigenvalue weighted by Crippen LogP contribution is -1.95. The van der Waals surface area contributed by atoms with E-state index in [1.165, 1.54) is 43.2 Å². The highest BCUT2D eigenvalue weighted by molar-refractivity contribution is 5.79. The summed E-state index contributed by atoms with van der Waals surface area (Å²) in [5, 5.41) is 0. The maximum atomic E-state index is 2.29. The molecule has 1 aromatic rings. The highest BCUT2D eigenvalue weighted by Crippen LogP contribution is 2.43. The third-order valence-corrected chi connectivity index (χ3v) is 4.03. The zero-order valence-corrected chi connectivity index (χ0v) is 9.69. The zero-order chi connectivity index (χ0) is 10.4. The minimum absolute atomic E-state index is 1.25. The van der Waals surface area contributed by atoms with Crippen LogP contribution < -0.4 is 0 Å². The maximum Gasteiger partial charge on any atom is -0.00523 e. The van der Waals surface area contributed by atoms with E-state index in [1.54, 1.807) is 22.3 Å². The summed E-state index contributed by atoms with van der Waals surface area (Å²) in [6.45, 7) is 4.53. The molecule has 0 nitrogen and oxygen atoms in total. The molecule has 0 radical (unpaired) electrons. The summed E-state index contributed by atoms with van der Waals surface area (Å²) in [6, 6.07) is 4.57. The summed E-state index contributed by atoms with van der Waals surface area (Å²) in [5.41, 5.74) is 9.67. The van der Waals surface area contributed by atoms with Gasteiger partial charge in [0.1, 0.15) is 0 Å². The second-order valence-electron chi connectivity index (χ2n) is 5.02. The summed E-state index contributed by atoms with van der Waals surface area (Å²) >= 11 is 0. The highest BCUT2D eigenvalue weighted by Gasteiger charge is 2.25. The van der Waals surface area contributed by atoms with E-state index in [-0.39, 0.29) is 0 Å². The highest BCUT2D eigenvalue weighted by atomic mass is 14.3. The Kier molecular flexibility index (Phi) is 1.98. The van der Waals surface area contributed by atoms with Crippen LogP contribution in [-0.2, 0) is 6.42 Å². The largest absolute Gasteiger partial charge is 0.0620 e. The van der Waals surface area contributed by atoms with E-state index in [2.05, 4.69) is 26.0 Å². The quantitative estimate of drug-likeness (QED) is 0.586. The lowest BCUT2D eigenvalue weighted by Gasteiger charge is -2.15. The van der Waals surface area contributed by atoms with Gasteiger partial charge in [0.2, 0.25) is 0 Å². The van der Waals surface area contributed by atoms with E-state index < -0.39 is 0 Å². The summed E-state index contributed by atoms with van der Waals surface area (Å²) in [5.74, 6) is 0. The molecule has 0 heterocycles. The van der Waals surface area contributed by atoms with Gasteiger partial charge in [-0.1, -0.05) is 17.7 Å². The Morgan fingerprint density at radius 2 is 1.67 bits per heavy atom. The van der Waals surface area contributed by atoms with E-state index in [9.17, 15) is 0 Å². The first kappa shape index (κ1) is 9.21. The Labute approximate surface area is 92.0 Å². The van der Waals surface area contributed by atoms with Crippen LogP contribution in [0.1, 0.15) is 47.9 Å². The third kappa shape index (κ3) is 1.27. The first-order valence-corrected chi connectivity index (χ1v) is 6.07. The van der Waals surface area contributed by atoms with Crippen molar-refractivity contribution < 1.29 is 0 Å². The van der Waals surface area contributed by atoms with Crippen LogP contribution in [-0.4, -0.2) is 0 Å². The van der Waals surface area contributed by atoms with Crippen LogP contribution in [0, 0.1) is 13.8 Å². The molecule has 2 aliphatic rings. The summed E-state index contributed by atoms with van der Waals surface area (Å²) in [4.78, 5) is 0. The van der Waals surface area contributed by atoms with Crippen LogP contribution in [0.2, 0.25) is 0 Å². The smallest absolute Gasteiger partial charge is 0.00523 e. The van der Waals surface area contributed by atoms with Crippen LogP contribution in [0.4, 0.5) is 0 Å². The monoisotopic (exact) mass is 198 g/mol. The molecule has 0 spiro atoms. The van der Waals surface area contributed by atoms with E-state index in [4.69, 9.17) is 0 Å². The van der Waals surface area contributed by atoms with Gasteiger partial charge in [0.05, 0.1) is 0 Å². The number of allylic oxidation sites excluding steroid dienone is 2. The first-order chi connectivity index (χ1) is 7.27. The molecule has 0 atom stereocenters. The Morgan fingerprint density at radius 3 is 2.53 bits per heavy atom. The van der Waals surface area contributed by atoms with Crippen molar-refractivity contribution in [3.8, 4) is 0 Å². The molecule has 0 aromatic heterocycles. The zero-order valence-electron chi connectivity index (χ0n) is 9.69. The fourth-order valence-electron chi connectivity index (χ4n) is 3.20. The predicted molar refractivity (Wildman–Crippen MR) is 65.0 cm³/mol. The Morgan fingerprint density at radius 1 is 0.933 bits per heavy atom. The molecule has 15 heavy (non-hydrogen) atoms. The Bertz CT molecular complexity index is 449. The Balaban J connectivity index is 2.20. The third-order valence-electron chi connectivity index (χ3n) is 4.03. The molecule has 0 saturated heterocycles. The molecule has 0 fully saturated rings. The second kappa shape index (κ2) is 3.23. The van der Waals surface area contributed by atoms with Crippen LogP contribution in [0.5, 0.6) is 0 Å². The lowest BCUT2D eigenvalue weighted by atomic mass is 9.90. The van der Waals surface area contributed by atoms with Crippen molar-refractivity contribution in [3.05, 3.63) is 40.0 Å². The molecule has 0 unspecified atom stereocenters. The molecule has 0 saturated carbocycles. The van der Waals surface area contributed by atoms with Crippen LogP contribution in [0.15, 0.2) is 17.7 Å². The van der Waals surface area contributed by atoms with E-state index in [0.29, 0.717) is 0 Å². The standard InChI is InChI=1S/C15H18/c1-10-7-8-11(2)15-13-6-4-3-5-12(13)9-14(10)15/h7-8H,3-6,9H2,1-2H3. The molecule has 0 bridgehead atoms. The molecule has 1 aromatic carbocycles. The van der Waals surface area contributed by atoms with Gasteiger partial charge in [-0.05, 0) is 73.8 Å². The van der Waals surface area contributed by atoms with Gasteiger partial charge in [0.25, 0.3) is 0 Å². The summed E-state index contributed by atoms with van der Waals surface area (Å²) in [6.07, 6.45) is 6.73. The fraction of sp³-hybridized carbons (Fsp3) is 0.467. The van der Waals surface area contributed by atoms with Crippen LogP contribution in [0.25, 0.3) is 5.57 Å². The number of benzene rings is 1. The van der Waals surface area contributed by atoms with Crippen molar-refractivity contribution in [1.82, 2.24) is 0 Å². The number of aryl methyl sites for hydroxylation is 2. The van der Waals surface area contributed by atoms with E-state index >= 15 is 0 Å². The fourth-order valence-corrected chi connectivity index (χ4v) is 3.20. The molecule has 3 rings (SSSR count). The number of rotatable bonds is 0. The van der Waals surface area contributed by atoms with Crippen molar-refractivity contribution in [1.29, 1.82) is 0 Å². The van der Waals surface area contributed by atoms with Crippen molar-refractivity contribution >= 4 is 5.57 Å². The summed E-state index contributed by atoms with van der Waals surface area (Å²) in [7, 11) is 0. The van der Waals surface area contributed by atoms with Crippen molar-refractivity contribution in [2.24, 2.45) is 0 Å². The molecule has 78 valence electrons. The number of hydrogen-bond acceptors (Lipinski definition) is 0. The average Bonchev–Trinajstić information content (AvgIpc) is 2.64. The van der Waals surface area contributed by atoms with Gasteiger partial charge in [0.15, 0.2) is 0 Å². The number of fused-ring (bicyclic) bond motifs is 2. The normalized spacial score (nSPS) is 19.1. The van der Waals surface area contributed by atoms with Gasteiger partial charge in [-0.15, -0.1) is 0 Å². The number of hydrogen-bond donors (Lipinski definition) is 0. The molecule has 0 aliphatic heterocycles. The molecular weight excluding hydrogens is 180 g/mol. The summed E-state index contributed by atoms with van der Waals surface area (Å²) < 4.78 is 0. The minimum atomic E-state index is 1.25. The van der Waals surface area contributed by atoms with Crippen LogP contribution >= 0.6 is 0 Å². The van der Waals surface area contributed by atoms with Gasteiger partial charge >= 0.3 is 0 Å². The average molecular weight is 198 g/mol. The second-order valence-corrected chi connectivity index (χ2v) is 5.02.